The minimum atomic E-state index is -4.58. The van der Waals surface area contributed by atoms with Crippen LogP contribution in [-0.2, 0) is 15.8 Å². The van der Waals surface area contributed by atoms with E-state index in [0.29, 0.717) is 15.6 Å². The molecule has 2 atom stereocenters. The fraction of sp³-hybridized carbons (Fsp3) is 0.263. The van der Waals surface area contributed by atoms with E-state index in [1.807, 2.05) is 0 Å². The summed E-state index contributed by atoms with van der Waals surface area (Å²) in [6.45, 7) is 1.44. The Hall–Kier alpha value is -2.58. The molecule has 1 unspecified atom stereocenters. The third-order valence-electron chi connectivity index (χ3n) is 4.19. The van der Waals surface area contributed by atoms with E-state index < -0.39 is 23.7 Å². The molecule has 0 aliphatic rings. The molecule has 0 heterocycles. The van der Waals surface area contributed by atoms with Crippen molar-refractivity contribution in [2.45, 2.75) is 19.1 Å². The third-order valence-corrected chi connectivity index (χ3v) is 4.44. The van der Waals surface area contributed by atoms with Crippen LogP contribution in [0.3, 0.4) is 0 Å². The highest BCUT2D eigenvalue weighted by Crippen LogP contribution is 2.34. The van der Waals surface area contributed by atoms with Crippen molar-refractivity contribution in [1.82, 2.24) is 0 Å². The lowest BCUT2D eigenvalue weighted by molar-refractivity contribution is -0.885. The molecule has 2 amide bonds. The number of carbonyl (C=O) groups excluding carboxylic acids is 2. The molecule has 0 saturated carbocycles. The number of nitrogens with one attached hydrogen (secondary N) is 3. The van der Waals surface area contributed by atoms with Gasteiger partial charge >= 0.3 is 6.18 Å². The fourth-order valence-electron chi connectivity index (χ4n) is 2.45. The van der Waals surface area contributed by atoms with Crippen LogP contribution in [0.5, 0.6) is 0 Å². The van der Waals surface area contributed by atoms with Crippen molar-refractivity contribution in [2.24, 2.45) is 0 Å². The van der Waals surface area contributed by atoms with E-state index in [4.69, 9.17) is 11.6 Å². The first-order chi connectivity index (χ1) is 13.1. The summed E-state index contributed by atoms with van der Waals surface area (Å²) in [5, 5.41) is 5.51. The number of likely N-dealkylation sites (N-methyl/N-ethyl adjacent to an activating group) is 1. The standard InChI is InChI=1S/C19H19ClF3N3O2/c1-12(18(28)24-14-9-7-13(20)8-10-14)26(2)11-17(27)25-16-6-4-3-5-15(16)19(21,22)23/h3-10,12H,11H2,1-2H3,(H,24,28)(H,25,27)/p+1/t12-/m1/s1. The Morgan fingerprint density at radius 3 is 2.29 bits per heavy atom. The predicted octanol–water partition coefficient (Wildman–Crippen LogP) is 2.84. The lowest BCUT2D eigenvalue weighted by Crippen LogP contribution is -3.14. The highest BCUT2D eigenvalue weighted by Gasteiger charge is 2.34. The topological polar surface area (TPSA) is 62.6 Å². The second-order valence-corrected chi connectivity index (χ2v) is 6.77. The molecule has 28 heavy (non-hydrogen) atoms. The van der Waals surface area contributed by atoms with Gasteiger partial charge in [-0.05, 0) is 43.3 Å². The number of rotatable bonds is 6. The number of amides is 2. The number of anilines is 2. The van der Waals surface area contributed by atoms with Crippen LogP contribution in [0, 0.1) is 0 Å². The molecule has 0 aliphatic carbocycles. The Morgan fingerprint density at radius 1 is 1.07 bits per heavy atom. The van der Waals surface area contributed by atoms with Gasteiger partial charge in [0.15, 0.2) is 12.6 Å². The van der Waals surface area contributed by atoms with Gasteiger partial charge in [-0.25, -0.2) is 0 Å². The second-order valence-electron chi connectivity index (χ2n) is 6.33. The van der Waals surface area contributed by atoms with Gasteiger partial charge in [-0.1, -0.05) is 23.7 Å². The molecule has 5 nitrogen and oxygen atoms in total. The molecule has 0 bridgehead atoms. The Morgan fingerprint density at radius 2 is 1.68 bits per heavy atom. The van der Waals surface area contributed by atoms with Gasteiger partial charge in [0, 0.05) is 10.7 Å². The molecular weight excluding hydrogens is 395 g/mol. The molecule has 2 aromatic carbocycles. The summed E-state index contributed by atoms with van der Waals surface area (Å²) >= 11 is 5.79. The molecular formula is C19H20ClF3N3O2+. The first-order valence-electron chi connectivity index (χ1n) is 8.42. The zero-order chi connectivity index (χ0) is 20.9. The van der Waals surface area contributed by atoms with E-state index in [9.17, 15) is 22.8 Å². The van der Waals surface area contributed by atoms with Gasteiger partial charge in [-0.2, -0.15) is 13.2 Å². The number of alkyl halides is 3. The Balaban J connectivity index is 1.96. The van der Waals surface area contributed by atoms with Crippen molar-refractivity contribution in [1.29, 1.82) is 0 Å². The van der Waals surface area contributed by atoms with Crippen LogP contribution in [0.25, 0.3) is 0 Å². The normalized spacial score (nSPS) is 13.5. The van der Waals surface area contributed by atoms with Gasteiger partial charge in [0.25, 0.3) is 11.8 Å². The Kier molecular flexibility index (Phi) is 7.04. The van der Waals surface area contributed by atoms with Crippen molar-refractivity contribution in [3.63, 3.8) is 0 Å². The molecule has 0 spiro atoms. The van der Waals surface area contributed by atoms with Crippen LogP contribution in [0.15, 0.2) is 48.5 Å². The monoisotopic (exact) mass is 414 g/mol. The van der Waals surface area contributed by atoms with Crippen LogP contribution in [-0.4, -0.2) is 31.4 Å². The first kappa shape index (κ1) is 21.7. The maximum absolute atomic E-state index is 13.0. The summed E-state index contributed by atoms with van der Waals surface area (Å²) in [6.07, 6.45) is -4.58. The third kappa shape index (κ3) is 5.97. The molecule has 3 N–H and O–H groups in total. The largest absolute Gasteiger partial charge is 0.418 e. The van der Waals surface area contributed by atoms with Gasteiger partial charge in [0.1, 0.15) is 0 Å². The summed E-state index contributed by atoms with van der Waals surface area (Å²) < 4.78 is 39.0. The van der Waals surface area contributed by atoms with Crippen molar-refractivity contribution < 1.29 is 27.7 Å². The molecule has 0 saturated heterocycles. The summed E-state index contributed by atoms with van der Waals surface area (Å²) in [4.78, 5) is 25.0. The van der Waals surface area contributed by atoms with Gasteiger partial charge < -0.3 is 15.5 Å². The molecule has 0 radical (unpaired) electrons. The SMILES string of the molecule is C[C@H](C(=O)Nc1ccc(Cl)cc1)[NH+](C)CC(=O)Nc1ccccc1C(F)(F)F. The van der Waals surface area contributed by atoms with E-state index >= 15 is 0 Å². The number of carbonyl (C=O) groups is 2. The quantitative estimate of drug-likeness (QED) is 0.680. The molecule has 150 valence electrons. The first-order valence-corrected chi connectivity index (χ1v) is 8.80. The van der Waals surface area contributed by atoms with Gasteiger partial charge in [0.2, 0.25) is 0 Å². The summed E-state index contributed by atoms with van der Waals surface area (Å²) in [5.74, 6) is -0.955. The second kappa shape index (κ2) is 9.07. The number of para-hydroxylation sites is 1. The van der Waals surface area contributed by atoms with Gasteiger partial charge in [0.05, 0.1) is 18.3 Å². The number of benzene rings is 2. The van der Waals surface area contributed by atoms with E-state index in [-0.39, 0.29) is 18.1 Å². The fourth-order valence-corrected chi connectivity index (χ4v) is 2.57. The maximum atomic E-state index is 13.0. The molecule has 9 heteroatoms. The maximum Gasteiger partial charge on any atom is 0.418 e. The minimum absolute atomic E-state index is 0.179. The predicted molar refractivity (Wildman–Crippen MR) is 101 cm³/mol. The number of quaternary nitrogens is 1. The molecule has 0 fully saturated rings. The number of halogens is 4. The van der Waals surface area contributed by atoms with Crippen LogP contribution in [0.2, 0.25) is 5.02 Å². The highest BCUT2D eigenvalue weighted by atomic mass is 35.5. The number of hydrogen-bond donors (Lipinski definition) is 3. The number of hydrogen-bond acceptors (Lipinski definition) is 2. The average molecular weight is 415 g/mol. The van der Waals surface area contributed by atoms with Crippen LogP contribution in [0.1, 0.15) is 12.5 Å². The summed E-state index contributed by atoms with van der Waals surface area (Å²) in [5.41, 5.74) is -0.682. The molecule has 2 rings (SSSR count). The molecule has 2 aromatic rings. The molecule has 0 aromatic heterocycles. The summed E-state index contributed by atoms with van der Waals surface area (Å²) in [6, 6.07) is 10.7. The minimum Gasteiger partial charge on any atom is -0.321 e. The van der Waals surface area contributed by atoms with E-state index in [1.165, 1.54) is 18.2 Å². The van der Waals surface area contributed by atoms with Crippen molar-refractivity contribution in [3.05, 3.63) is 59.1 Å². The summed E-state index contributed by atoms with van der Waals surface area (Å²) in [7, 11) is 1.61. The Bertz CT molecular complexity index is 841. The zero-order valence-electron chi connectivity index (χ0n) is 15.2. The van der Waals surface area contributed by atoms with Crippen LogP contribution in [0.4, 0.5) is 24.5 Å². The van der Waals surface area contributed by atoms with Gasteiger partial charge in [-0.15, -0.1) is 0 Å². The average Bonchev–Trinajstić information content (AvgIpc) is 2.62. The van der Waals surface area contributed by atoms with Crippen LogP contribution >= 0.6 is 11.6 Å². The lowest BCUT2D eigenvalue weighted by Gasteiger charge is -2.21. The van der Waals surface area contributed by atoms with Crippen LogP contribution < -0.4 is 15.5 Å². The van der Waals surface area contributed by atoms with Crippen molar-refractivity contribution in [2.75, 3.05) is 24.2 Å². The Labute approximate surface area is 165 Å². The van der Waals surface area contributed by atoms with E-state index in [0.717, 1.165) is 6.07 Å². The molecule has 0 aliphatic heterocycles. The van der Waals surface area contributed by atoms with Crippen molar-refractivity contribution in [3.8, 4) is 0 Å². The van der Waals surface area contributed by atoms with E-state index in [2.05, 4.69) is 10.6 Å². The zero-order valence-corrected chi connectivity index (χ0v) is 16.0. The van der Waals surface area contributed by atoms with Crippen molar-refractivity contribution >= 4 is 34.8 Å². The highest BCUT2D eigenvalue weighted by molar-refractivity contribution is 6.30. The van der Waals surface area contributed by atoms with E-state index in [1.54, 1.807) is 38.2 Å². The lowest BCUT2D eigenvalue weighted by atomic mass is 10.1. The smallest absolute Gasteiger partial charge is 0.321 e. The van der Waals surface area contributed by atoms with Gasteiger partial charge in [-0.3, -0.25) is 9.59 Å².